The van der Waals surface area contributed by atoms with Gasteiger partial charge in [0.1, 0.15) is 0 Å². The normalized spacial score (nSPS) is 25.7. The molecule has 11 heteroatoms. The summed E-state index contributed by atoms with van der Waals surface area (Å²) in [4.78, 5) is 65.9. The molecule has 2 amide bonds. The van der Waals surface area contributed by atoms with Gasteiger partial charge in [0, 0.05) is 40.8 Å². The summed E-state index contributed by atoms with van der Waals surface area (Å²) in [5.74, 6) is -4.84. The standard InChI is InChI=1S/C29H21BrN2O8/c1-40-22-7-3-6-16(27(22)35)23-15-8-9-17-24(18(15)11-19-25(23)21(33)12-20(30)26(19)34)29(37)31(28(17)36)13-4-2-5-14(10-13)32(38)39/h2-8,10,12,17-18,23-24,35H,9,11H2,1H3/t17-,18+,23+,24-/m0/s1. The Labute approximate surface area is 235 Å². The van der Waals surface area contributed by atoms with Crippen molar-refractivity contribution in [1.29, 1.82) is 0 Å². The summed E-state index contributed by atoms with van der Waals surface area (Å²) in [7, 11) is 1.40. The summed E-state index contributed by atoms with van der Waals surface area (Å²) in [6.45, 7) is 0. The monoisotopic (exact) mass is 604 g/mol. The van der Waals surface area contributed by atoms with Crippen molar-refractivity contribution in [3.63, 3.8) is 0 Å². The molecule has 2 aromatic carbocycles. The second-order valence-corrected chi connectivity index (χ2v) is 10.9. The van der Waals surface area contributed by atoms with Gasteiger partial charge in [0.25, 0.3) is 5.69 Å². The van der Waals surface area contributed by atoms with Crippen molar-refractivity contribution in [2.24, 2.45) is 17.8 Å². The molecule has 40 heavy (non-hydrogen) atoms. The van der Waals surface area contributed by atoms with Crippen molar-refractivity contribution in [1.82, 2.24) is 0 Å². The summed E-state index contributed by atoms with van der Waals surface area (Å²) < 4.78 is 5.39. The summed E-state index contributed by atoms with van der Waals surface area (Å²) in [5, 5.41) is 22.4. The largest absolute Gasteiger partial charge is 0.504 e. The van der Waals surface area contributed by atoms with E-state index in [4.69, 9.17) is 4.74 Å². The number of nitro groups is 1. The third-order valence-corrected chi connectivity index (χ3v) is 8.78. The molecular formula is C29H21BrN2O8. The number of nitro benzene ring substituents is 1. The van der Waals surface area contributed by atoms with Crippen molar-refractivity contribution in [3.8, 4) is 11.5 Å². The fourth-order valence-electron chi connectivity index (χ4n) is 6.50. The molecule has 4 atom stereocenters. The highest BCUT2D eigenvalue weighted by molar-refractivity contribution is 9.12. The summed E-state index contributed by atoms with van der Waals surface area (Å²) >= 11 is 3.18. The zero-order valence-corrected chi connectivity index (χ0v) is 22.6. The number of rotatable bonds is 4. The predicted octanol–water partition coefficient (Wildman–Crippen LogP) is 4.28. The molecule has 6 rings (SSSR count). The second kappa shape index (κ2) is 9.37. The van der Waals surface area contributed by atoms with Crippen LogP contribution in [-0.4, -0.2) is 40.5 Å². The van der Waals surface area contributed by atoms with Crippen LogP contribution in [-0.2, 0) is 19.2 Å². The highest BCUT2D eigenvalue weighted by Gasteiger charge is 2.57. The minimum Gasteiger partial charge on any atom is -0.504 e. The number of benzene rings is 2. The van der Waals surface area contributed by atoms with Crippen LogP contribution < -0.4 is 9.64 Å². The molecule has 4 aliphatic rings. The average molecular weight is 605 g/mol. The number of ether oxygens (including phenoxy) is 1. The van der Waals surface area contributed by atoms with Gasteiger partial charge in [0.2, 0.25) is 11.8 Å². The lowest BCUT2D eigenvalue weighted by Crippen LogP contribution is -2.39. The van der Waals surface area contributed by atoms with Gasteiger partial charge in [-0.1, -0.05) is 29.8 Å². The van der Waals surface area contributed by atoms with E-state index in [1.807, 2.05) is 6.08 Å². The Hall–Kier alpha value is -4.38. The molecule has 0 aromatic heterocycles. The van der Waals surface area contributed by atoms with E-state index in [0.29, 0.717) is 11.1 Å². The van der Waals surface area contributed by atoms with Crippen molar-refractivity contribution in [2.45, 2.75) is 18.8 Å². The number of Topliss-reactive ketones (excluding diaryl/α,β-unsaturated/α-hetero) is 1. The van der Waals surface area contributed by atoms with Crippen LogP contribution in [0.2, 0.25) is 0 Å². The van der Waals surface area contributed by atoms with Crippen LogP contribution in [0.3, 0.4) is 0 Å². The number of phenols is 1. The number of imide groups is 1. The van der Waals surface area contributed by atoms with E-state index in [0.717, 1.165) is 4.90 Å². The van der Waals surface area contributed by atoms with Crippen LogP contribution in [0.15, 0.2) is 75.8 Å². The van der Waals surface area contributed by atoms with Gasteiger partial charge in [-0.3, -0.25) is 29.3 Å². The van der Waals surface area contributed by atoms with E-state index in [2.05, 4.69) is 15.9 Å². The molecule has 1 saturated heterocycles. The van der Waals surface area contributed by atoms with Gasteiger partial charge in [0.05, 0.1) is 34.0 Å². The maximum Gasteiger partial charge on any atom is 0.271 e. The number of amides is 2. The van der Waals surface area contributed by atoms with Crippen LogP contribution in [0.25, 0.3) is 0 Å². The number of ketones is 2. The zero-order chi connectivity index (χ0) is 28.5. The number of aromatic hydroxyl groups is 1. The quantitative estimate of drug-likeness (QED) is 0.179. The second-order valence-electron chi connectivity index (χ2n) is 10.1. The van der Waals surface area contributed by atoms with Crippen LogP contribution in [0.4, 0.5) is 11.4 Å². The molecule has 202 valence electrons. The molecule has 0 saturated carbocycles. The fourth-order valence-corrected chi connectivity index (χ4v) is 6.95. The topological polar surface area (TPSA) is 144 Å². The first-order valence-corrected chi connectivity index (χ1v) is 13.3. The Morgan fingerprint density at radius 2 is 1.82 bits per heavy atom. The molecule has 3 aliphatic carbocycles. The number of fused-ring (bicyclic) bond motifs is 3. The Balaban J connectivity index is 1.49. The number of methoxy groups -OCH3 is 1. The van der Waals surface area contributed by atoms with Gasteiger partial charge >= 0.3 is 0 Å². The molecule has 1 heterocycles. The Morgan fingerprint density at radius 1 is 1.07 bits per heavy atom. The van der Waals surface area contributed by atoms with E-state index in [1.54, 1.807) is 18.2 Å². The van der Waals surface area contributed by atoms with Gasteiger partial charge in [-0.15, -0.1) is 0 Å². The van der Waals surface area contributed by atoms with Crippen molar-refractivity contribution < 1.29 is 33.9 Å². The molecule has 0 unspecified atom stereocenters. The van der Waals surface area contributed by atoms with Crippen LogP contribution >= 0.6 is 15.9 Å². The first-order chi connectivity index (χ1) is 19.1. The molecule has 0 bridgehead atoms. The summed E-state index contributed by atoms with van der Waals surface area (Å²) in [5.41, 5.74) is 1.32. The first-order valence-electron chi connectivity index (χ1n) is 12.5. The third kappa shape index (κ3) is 3.68. The minimum atomic E-state index is -0.858. The Bertz CT molecular complexity index is 1650. The number of non-ortho nitro benzene ring substituents is 1. The van der Waals surface area contributed by atoms with E-state index in [9.17, 15) is 34.4 Å². The van der Waals surface area contributed by atoms with Gasteiger partial charge in [-0.25, -0.2) is 4.90 Å². The fraction of sp³-hybridized carbons (Fsp3) is 0.241. The summed E-state index contributed by atoms with van der Waals surface area (Å²) in [6.07, 6.45) is 3.29. The van der Waals surface area contributed by atoms with Crippen LogP contribution in [0.1, 0.15) is 24.3 Å². The molecule has 1 fully saturated rings. The number of anilines is 1. The number of para-hydroxylation sites is 1. The zero-order valence-electron chi connectivity index (χ0n) is 21.0. The minimum absolute atomic E-state index is 0.0544. The van der Waals surface area contributed by atoms with Gasteiger partial charge in [-0.2, -0.15) is 0 Å². The average Bonchev–Trinajstić information content (AvgIpc) is 3.20. The lowest BCUT2D eigenvalue weighted by molar-refractivity contribution is -0.384. The molecule has 2 aromatic rings. The molecule has 1 aliphatic heterocycles. The number of hydrogen-bond acceptors (Lipinski definition) is 8. The highest BCUT2D eigenvalue weighted by Crippen LogP contribution is 2.57. The van der Waals surface area contributed by atoms with Crippen molar-refractivity contribution in [3.05, 3.63) is 91.5 Å². The number of carbonyl (C=O) groups is 4. The Morgan fingerprint density at radius 3 is 2.55 bits per heavy atom. The number of halogens is 1. The molecule has 0 radical (unpaired) electrons. The first kappa shape index (κ1) is 25.9. The maximum absolute atomic E-state index is 13.9. The van der Waals surface area contributed by atoms with Crippen LogP contribution in [0, 0.1) is 27.9 Å². The highest BCUT2D eigenvalue weighted by atomic mass is 79.9. The number of phenolic OH excluding ortho intramolecular Hbond substituents is 1. The van der Waals surface area contributed by atoms with Gasteiger partial charge in [-0.05, 0) is 46.8 Å². The lowest BCUT2D eigenvalue weighted by atomic mass is 9.59. The van der Waals surface area contributed by atoms with Crippen molar-refractivity contribution in [2.75, 3.05) is 12.0 Å². The number of allylic oxidation sites excluding steroid dienone is 6. The third-order valence-electron chi connectivity index (χ3n) is 8.19. The SMILES string of the molecule is COc1cccc([C@H]2C3=CC[C@@H]4C(=O)N(c5cccc([N+](=O)[O-])c5)C(=O)[C@@H]4[C@@H]3CC3=C2C(=O)C=C(Br)C3=O)c1O. The lowest BCUT2D eigenvalue weighted by Gasteiger charge is -2.42. The van der Waals surface area contributed by atoms with E-state index in [1.165, 1.54) is 37.5 Å². The maximum atomic E-state index is 13.9. The van der Waals surface area contributed by atoms with Crippen molar-refractivity contribution >= 4 is 50.7 Å². The number of hydrogen-bond donors (Lipinski definition) is 1. The molecule has 10 nitrogen and oxygen atoms in total. The van der Waals surface area contributed by atoms with E-state index in [-0.39, 0.29) is 57.1 Å². The van der Waals surface area contributed by atoms with Gasteiger partial charge < -0.3 is 9.84 Å². The molecular weight excluding hydrogens is 584 g/mol. The Kier molecular flexibility index (Phi) is 6.06. The van der Waals surface area contributed by atoms with Crippen LogP contribution in [0.5, 0.6) is 11.5 Å². The number of carbonyl (C=O) groups excluding carboxylic acids is 4. The smallest absolute Gasteiger partial charge is 0.271 e. The van der Waals surface area contributed by atoms with Gasteiger partial charge in [0.15, 0.2) is 23.1 Å². The van der Waals surface area contributed by atoms with E-state index >= 15 is 0 Å². The summed E-state index contributed by atoms with van der Waals surface area (Å²) in [6, 6.07) is 10.2. The molecule has 0 spiro atoms. The van der Waals surface area contributed by atoms with E-state index < -0.39 is 46.2 Å². The predicted molar refractivity (Wildman–Crippen MR) is 145 cm³/mol. The molecule has 1 N–H and O–H groups in total. The number of nitrogens with zero attached hydrogens (tertiary/aromatic N) is 2.